The van der Waals surface area contributed by atoms with Crippen LogP contribution in [-0.2, 0) is 14.8 Å². The number of hydrogen-bond donors (Lipinski definition) is 0. The highest BCUT2D eigenvalue weighted by Gasteiger charge is 2.24. The van der Waals surface area contributed by atoms with Crippen LogP contribution < -0.4 is 0 Å². The van der Waals surface area contributed by atoms with E-state index in [0.29, 0.717) is 31.7 Å². The summed E-state index contributed by atoms with van der Waals surface area (Å²) in [5, 5.41) is 0. The van der Waals surface area contributed by atoms with Gasteiger partial charge in [0.1, 0.15) is 0 Å². The summed E-state index contributed by atoms with van der Waals surface area (Å²) in [5.41, 5.74) is 0.529. The van der Waals surface area contributed by atoms with Crippen LogP contribution in [0.4, 0.5) is 0 Å². The standard InChI is InChI=1S/C19H31N3O4S/c1-4-22(5-2)27(24,25)18-9-7-17(8-10-18)19(23)21-14-12-20(13-15-21)11-6-16-26-3/h7-10H,4-6,11-16H2,1-3H3. The van der Waals surface area contributed by atoms with Gasteiger partial charge in [-0.15, -0.1) is 0 Å². The molecule has 0 N–H and O–H groups in total. The molecule has 7 nitrogen and oxygen atoms in total. The highest BCUT2D eigenvalue weighted by atomic mass is 32.2. The molecule has 1 fully saturated rings. The number of carbonyl (C=O) groups is 1. The lowest BCUT2D eigenvalue weighted by Gasteiger charge is -2.34. The van der Waals surface area contributed by atoms with Crippen molar-refractivity contribution in [1.29, 1.82) is 0 Å². The van der Waals surface area contributed by atoms with Gasteiger partial charge in [0.15, 0.2) is 0 Å². The van der Waals surface area contributed by atoms with E-state index in [1.807, 2.05) is 18.7 Å². The van der Waals surface area contributed by atoms with Crippen molar-refractivity contribution in [2.45, 2.75) is 25.2 Å². The highest BCUT2D eigenvalue weighted by Crippen LogP contribution is 2.17. The first-order valence-corrected chi connectivity index (χ1v) is 11.0. The SMILES string of the molecule is CCN(CC)S(=O)(=O)c1ccc(C(=O)N2CCN(CCCOC)CC2)cc1. The quantitative estimate of drug-likeness (QED) is 0.591. The lowest BCUT2D eigenvalue weighted by atomic mass is 10.2. The number of sulfonamides is 1. The molecule has 1 saturated heterocycles. The summed E-state index contributed by atoms with van der Waals surface area (Å²) in [7, 11) is -1.79. The maximum Gasteiger partial charge on any atom is 0.253 e. The topological polar surface area (TPSA) is 70.2 Å². The smallest absolute Gasteiger partial charge is 0.253 e. The summed E-state index contributed by atoms with van der Waals surface area (Å²) in [6.07, 6.45) is 0.993. The second kappa shape index (κ2) is 10.2. The van der Waals surface area contributed by atoms with E-state index < -0.39 is 10.0 Å². The number of hydrogen-bond acceptors (Lipinski definition) is 5. The minimum Gasteiger partial charge on any atom is -0.385 e. The summed E-state index contributed by atoms with van der Waals surface area (Å²) >= 11 is 0. The summed E-state index contributed by atoms with van der Waals surface area (Å²) in [6, 6.07) is 6.29. The Morgan fingerprint density at radius 2 is 1.67 bits per heavy atom. The molecule has 0 aromatic heterocycles. The number of nitrogens with zero attached hydrogens (tertiary/aromatic N) is 3. The number of ether oxygens (including phenoxy) is 1. The van der Waals surface area contributed by atoms with Crippen LogP contribution in [0.1, 0.15) is 30.6 Å². The van der Waals surface area contributed by atoms with Gasteiger partial charge in [-0.2, -0.15) is 4.31 Å². The Balaban J connectivity index is 1.96. The van der Waals surface area contributed by atoms with Crippen LogP contribution in [-0.4, -0.2) is 88.0 Å². The fourth-order valence-corrected chi connectivity index (χ4v) is 4.73. The molecular weight excluding hydrogens is 366 g/mol. The van der Waals surface area contributed by atoms with Gasteiger partial charge in [-0.1, -0.05) is 13.8 Å². The molecule has 1 aliphatic heterocycles. The summed E-state index contributed by atoms with van der Waals surface area (Å²) in [6.45, 7) is 9.28. The van der Waals surface area contributed by atoms with E-state index in [1.165, 1.54) is 16.4 Å². The summed E-state index contributed by atoms with van der Waals surface area (Å²) < 4.78 is 31.6. The third-order valence-corrected chi connectivity index (χ3v) is 6.99. The molecule has 0 spiro atoms. The van der Waals surface area contributed by atoms with Crippen LogP contribution in [0.3, 0.4) is 0 Å². The molecule has 1 heterocycles. The second-order valence-electron chi connectivity index (χ2n) is 6.59. The Hall–Kier alpha value is -1.48. The molecular formula is C19H31N3O4S. The van der Waals surface area contributed by atoms with E-state index in [2.05, 4.69) is 4.90 Å². The van der Waals surface area contributed by atoms with E-state index in [0.717, 1.165) is 32.7 Å². The van der Waals surface area contributed by atoms with Crippen LogP contribution in [0.25, 0.3) is 0 Å². The van der Waals surface area contributed by atoms with Gasteiger partial charge in [0.25, 0.3) is 5.91 Å². The average molecular weight is 398 g/mol. The Bertz CT molecular complexity index is 694. The first kappa shape index (κ1) is 21.8. The molecule has 0 radical (unpaired) electrons. The summed E-state index contributed by atoms with van der Waals surface area (Å²) in [5.74, 6) is -0.0432. The van der Waals surface area contributed by atoms with Crippen molar-refractivity contribution in [3.8, 4) is 0 Å². The fraction of sp³-hybridized carbons (Fsp3) is 0.632. The lowest BCUT2D eigenvalue weighted by molar-refractivity contribution is 0.0624. The number of piperazine rings is 1. The molecule has 8 heteroatoms. The molecule has 0 atom stereocenters. The minimum atomic E-state index is -3.50. The molecule has 0 bridgehead atoms. The predicted octanol–water partition coefficient (Wildman–Crippen LogP) is 1.51. The number of benzene rings is 1. The molecule has 0 unspecified atom stereocenters. The van der Waals surface area contributed by atoms with Crippen molar-refractivity contribution in [3.63, 3.8) is 0 Å². The van der Waals surface area contributed by atoms with Gasteiger partial charge < -0.3 is 9.64 Å². The molecule has 1 aliphatic rings. The molecule has 0 aliphatic carbocycles. The van der Waals surface area contributed by atoms with Crippen molar-refractivity contribution >= 4 is 15.9 Å². The van der Waals surface area contributed by atoms with Crippen LogP contribution in [0.5, 0.6) is 0 Å². The van der Waals surface area contributed by atoms with Crippen LogP contribution >= 0.6 is 0 Å². The van der Waals surface area contributed by atoms with Crippen LogP contribution in [0, 0.1) is 0 Å². The Morgan fingerprint density at radius 1 is 1.07 bits per heavy atom. The molecule has 27 heavy (non-hydrogen) atoms. The van der Waals surface area contributed by atoms with Crippen molar-refractivity contribution in [3.05, 3.63) is 29.8 Å². The zero-order valence-electron chi connectivity index (χ0n) is 16.6. The Morgan fingerprint density at radius 3 is 2.19 bits per heavy atom. The molecule has 1 aromatic carbocycles. The van der Waals surface area contributed by atoms with Gasteiger partial charge in [-0.05, 0) is 30.7 Å². The molecule has 2 rings (SSSR count). The number of rotatable bonds is 9. The largest absolute Gasteiger partial charge is 0.385 e. The molecule has 152 valence electrons. The van der Waals surface area contributed by atoms with E-state index in [1.54, 1.807) is 19.2 Å². The van der Waals surface area contributed by atoms with Gasteiger partial charge in [0.05, 0.1) is 4.90 Å². The van der Waals surface area contributed by atoms with Crippen LogP contribution in [0.15, 0.2) is 29.2 Å². The van der Waals surface area contributed by atoms with Gasteiger partial charge in [-0.25, -0.2) is 8.42 Å². The monoisotopic (exact) mass is 397 g/mol. The number of amides is 1. The second-order valence-corrected chi connectivity index (χ2v) is 8.53. The number of carbonyl (C=O) groups excluding carboxylic acids is 1. The van der Waals surface area contributed by atoms with E-state index in [4.69, 9.17) is 4.74 Å². The maximum atomic E-state index is 12.7. The van der Waals surface area contributed by atoms with Crippen molar-refractivity contribution < 1.29 is 17.9 Å². The average Bonchev–Trinajstić information content (AvgIpc) is 2.69. The fourth-order valence-electron chi connectivity index (χ4n) is 3.27. The van der Waals surface area contributed by atoms with E-state index >= 15 is 0 Å². The van der Waals surface area contributed by atoms with Crippen molar-refractivity contribution in [2.24, 2.45) is 0 Å². The third kappa shape index (κ3) is 5.51. The summed E-state index contributed by atoms with van der Waals surface area (Å²) in [4.78, 5) is 17.1. The van der Waals surface area contributed by atoms with Crippen molar-refractivity contribution in [2.75, 3.05) is 59.5 Å². The van der Waals surface area contributed by atoms with Gasteiger partial charge in [0, 0.05) is 65.1 Å². The van der Waals surface area contributed by atoms with Gasteiger partial charge >= 0.3 is 0 Å². The normalized spacial score (nSPS) is 16.1. The van der Waals surface area contributed by atoms with Gasteiger partial charge in [0.2, 0.25) is 10.0 Å². The van der Waals surface area contributed by atoms with E-state index in [9.17, 15) is 13.2 Å². The van der Waals surface area contributed by atoms with Crippen molar-refractivity contribution in [1.82, 2.24) is 14.1 Å². The third-order valence-electron chi connectivity index (χ3n) is 4.93. The first-order valence-electron chi connectivity index (χ1n) is 9.54. The Kier molecular flexibility index (Phi) is 8.22. The zero-order chi connectivity index (χ0) is 19.9. The zero-order valence-corrected chi connectivity index (χ0v) is 17.4. The maximum absolute atomic E-state index is 12.7. The number of methoxy groups -OCH3 is 1. The molecule has 1 amide bonds. The highest BCUT2D eigenvalue weighted by molar-refractivity contribution is 7.89. The predicted molar refractivity (Wildman–Crippen MR) is 105 cm³/mol. The first-order chi connectivity index (χ1) is 12.9. The lowest BCUT2D eigenvalue weighted by Crippen LogP contribution is -2.48. The molecule has 1 aromatic rings. The minimum absolute atomic E-state index is 0.0432. The van der Waals surface area contributed by atoms with Crippen LogP contribution in [0.2, 0.25) is 0 Å². The van der Waals surface area contributed by atoms with E-state index in [-0.39, 0.29) is 10.8 Å². The van der Waals surface area contributed by atoms with Gasteiger partial charge in [-0.3, -0.25) is 9.69 Å². The Labute approximate surface area is 162 Å². The molecule has 0 saturated carbocycles.